The Labute approximate surface area is 85.6 Å². The molecule has 0 bridgehead atoms. The lowest BCUT2D eigenvalue weighted by molar-refractivity contribution is -0.135. The van der Waals surface area contributed by atoms with E-state index in [1.807, 2.05) is 13.8 Å². The van der Waals surface area contributed by atoms with E-state index in [2.05, 4.69) is 5.32 Å². The molecule has 0 atom stereocenters. The Morgan fingerprint density at radius 1 is 1.50 bits per heavy atom. The van der Waals surface area contributed by atoms with E-state index in [1.165, 1.54) is 11.3 Å². The highest BCUT2D eigenvalue weighted by molar-refractivity contribution is 7.14. The van der Waals surface area contributed by atoms with E-state index in [-0.39, 0.29) is 12.5 Å². The first-order chi connectivity index (χ1) is 6.50. The van der Waals surface area contributed by atoms with Gasteiger partial charge in [0, 0.05) is 4.88 Å². The van der Waals surface area contributed by atoms with Crippen LogP contribution in [0.5, 0.6) is 0 Å². The third-order valence-corrected chi connectivity index (χ3v) is 2.94. The predicted octanol–water partition coefficient (Wildman–Crippen LogP) is 1.18. The van der Waals surface area contributed by atoms with Gasteiger partial charge in [0.25, 0.3) is 5.91 Å². The van der Waals surface area contributed by atoms with Crippen molar-refractivity contribution in [3.05, 3.63) is 21.4 Å². The van der Waals surface area contributed by atoms with Gasteiger partial charge in [-0.25, -0.2) is 0 Å². The number of carboxylic acid groups (broad SMARTS) is 1. The summed E-state index contributed by atoms with van der Waals surface area (Å²) in [4.78, 5) is 23.2. The molecule has 76 valence electrons. The first kappa shape index (κ1) is 10.7. The topological polar surface area (TPSA) is 66.4 Å². The Balaban J connectivity index is 2.65. The number of nitrogens with one attached hydrogen (secondary N) is 1. The summed E-state index contributed by atoms with van der Waals surface area (Å²) >= 11 is 1.37. The van der Waals surface area contributed by atoms with E-state index < -0.39 is 5.97 Å². The van der Waals surface area contributed by atoms with E-state index in [4.69, 9.17) is 5.11 Å². The van der Waals surface area contributed by atoms with Crippen LogP contribution in [0.4, 0.5) is 0 Å². The van der Waals surface area contributed by atoms with Crippen molar-refractivity contribution in [3.63, 3.8) is 0 Å². The molecule has 0 unspecified atom stereocenters. The minimum Gasteiger partial charge on any atom is -0.480 e. The number of carboxylic acids is 1. The van der Waals surface area contributed by atoms with Gasteiger partial charge in [-0.1, -0.05) is 0 Å². The number of carbonyl (C=O) groups is 2. The zero-order valence-electron chi connectivity index (χ0n) is 7.96. The summed E-state index contributed by atoms with van der Waals surface area (Å²) in [6, 6.07) is 1.76. The molecule has 1 aromatic heterocycles. The first-order valence-electron chi connectivity index (χ1n) is 4.07. The zero-order chi connectivity index (χ0) is 10.7. The van der Waals surface area contributed by atoms with Crippen molar-refractivity contribution in [2.24, 2.45) is 0 Å². The van der Waals surface area contributed by atoms with Gasteiger partial charge in [-0.2, -0.15) is 0 Å². The largest absolute Gasteiger partial charge is 0.480 e. The third kappa shape index (κ3) is 2.56. The number of amides is 1. The second-order valence-electron chi connectivity index (χ2n) is 2.93. The zero-order valence-corrected chi connectivity index (χ0v) is 8.77. The van der Waals surface area contributed by atoms with Gasteiger partial charge in [0.1, 0.15) is 6.54 Å². The van der Waals surface area contributed by atoms with E-state index in [9.17, 15) is 9.59 Å². The summed E-state index contributed by atoms with van der Waals surface area (Å²) in [5.41, 5.74) is 1.05. The monoisotopic (exact) mass is 213 g/mol. The van der Waals surface area contributed by atoms with Gasteiger partial charge in [0.15, 0.2) is 0 Å². The summed E-state index contributed by atoms with van der Waals surface area (Å²) in [5, 5.41) is 10.7. The molecule has 14 heavy (non-hydrogen) atoms. The molecule has 0 aliphatic carbocycles. The van der Waals surface area contributed by atoms with Gasteiger partial charge in [0.05, 0.1) is 4.88 Å². The Bertz CT molecular complexity index is 351. The maximum absolute atomic E-state index is 11.4. The van der Waals surface area contributed by atoms with Crippen LogP contribution in [0, 0.1) is 13.8 Å². The maximum Gasteiger partial charge on any atom is 0.322 e. The molecule has 0 fully saturated rings. The molecule has 5 heteroatoms. The molecule has 0 radical (unpaired) electrons. The summed E-state index contributed by atoms with van der Waals surface area (Å²) in [5.74, 6) is -1.36. The summed E-state index contributed by atoms with van der Waals surface area (Å²) in [6.45, 7) is 3.50. The molecule has 2 N–H and O–H groups in total. The van der Waals surface area contributed by atoms with Crippen LogP contribution in [0.25, 0.3) is 0 Å². The van der Waals surface area contributed by atoms with Crippen LogP contribution in [-0.2, 0) is 4.79 Å². The first-order valence-corrected chi connectivity index (χ1v) is 4.89. The van der Waals surface area contributed by atoms with Crippen molar-refractivity contribution in [1.29, 1.82) is 0 Å². The van der Waals surface area contributed by atoms with Crippen LogP contribution in [0.1, 0.15) is 20.1 Å². The average molecular weight is 213 g/mol. The van der Waals surface area contributed by atoms with Crippen molar-refractivity contribution < 1.29 is 14.7 Å². The van der Waals surface area contributed by atoms with Crippen molar-refractivity contribution >= 4 is 23.2 Å². The number of hydrogen-bond donors (Lipinski definition) is 2. The number of rotatable bonds is 3. The molecule has 1 amide bonds. The van der Waals surface area contributed by atoms with Crippen LogP contribution in [0.2, 0.25) is 0 Å². The Morgan fingerprint density at radius 3 is 2.57 bits per heavy atom. The molecule has 0 spiro atoms. The SMILES string of the molecule is Cc1cc(C(=O)NCC(=O)O)sc1C. The average Bonchev–Trinajstić information content (AvgIpc) is 2.43. The molecule has 0 saturated carbocycles. The molecule has 4 nitrogen and oxygen atoms in total. The van der Waals surface area contributed by atoms with Crippen molar-refractivity contribution in [1.82, 2.24) is 5.32 Å². The smallest absolute Gasteiger partial charge is 0.322 e. The van der Waals surface area contributed by atoms with E-state index >= 15 is 0 Å². The van der Waals surface area contributed by atoms with Crippen molar-refractivity contribution in [2.45, 2.75) is 13.8 Å². The molecule has 1 heterocycles. The normalized spacial score (nSPS) is 9.86. The number of carbonyl (C=O) groups excluding carboxylic acids is 1. The molecule has 1 aromatic rings. The van der Waals surface area contributed by atoms with Crippen LogP contribution in [-0.4, -0.2) is 23.5 Å². The van der Waals surface area contributed by atoms with E-state index in [1.54, 1.807) is 6.07 Å². The van der Waals surface area contributed by atoms with Crippen LogP contribution >= 0.6 is 11.3 Å². The number of aliphatic carboxylic acids is 1. The lowest BCUT2D eigenvalue weighted by Gasteiger charge is -1.97. The van der Waals surface area contributed by atoms with Gasteiger partial charge < -0.3 is 10.4 Å². The van der Waals surface area contributed by atoms with Gasteiger partial charge in [0.2, 0.25) is 0 Å². The Kier molecular flexibility index (Phi) is 3.24. The van der Waals surface area contributed by atoms with Crippen LogP contribution < -0.4 is 5.32 Å². The van der Waals surface area contributed by atoms with Gasteiger partial charge in [-0.3, -0.25) is 9.59 Å². The standard InChI is InChI=1S/C9H11NO3S/c1-5-3-7(14-6(5)2)9(13)10-4-8(11)12/h3H,4H2,1-2H3,(H,10,13)(H,11,12). The molecular formula is C9H11NO3S. The Morgan fingerprint density at radius 2 is 2.14 bits per heavy atom. The highest BCUT2D eigenvalue weighted by Gasteiger charge is 2.10. The maximum atomic E-state index is 11.4. The van der Waals surface area contributed by atoms with Crippen LogP contribution in [0.15, 0.2) is 6.07 Å². The van der Waals surface area contributed by atoms with Gasteiger partial charge in [-0.15, -0.1) is 11.3 Å². The molecule has 0 aromatic carbocycles. The number of aryl methyl sites for hydroxylation is 2. The minimum absolute atomic E-state index is 0.325. The van der Waals surface area contributed by atoms with Gasteiger partial charge in [-0.05, 0) is 25.5 Å². The molecular weight excluding hydrogens is 202 g/mol. The van der Waals surface area contributed by atoms with E-state index in [0.717, 1.165) is 10.4 Å². The number of hydrogen-bond acceptors (Lipinski definition) is 3. The van der Waals surface area contributed by atoms with Crippen LogP contribution in [0.3, 0.4) is 0 Å². The summed E-state index contributed by atoms with van der Waals surface area (Å²) < 4.78 is 0. The van der Waals surface area contributed by atoms with E-state index in [0.29, 0.717) is 4.88 Å². The fraction of sp³-hybridized carbons (Fsp3) is 0.333. The van der Waals surface area contributed by atoms with Crippen molar-refractivity contribution in [2.75, 3.05) is 6.54 Å². The fourth-order valence-corrected chi connectivity index (χ4v) is 1.88. The number of thiophene rings is 1. The second kappa shape index (κ2) is 4.23. The quantitative estimate of drug-likeness (QED) is 0.792. The Hall–Kier alpha value is -1.36. The van der Waals surface area contributed by atoms with Crippen molar-refractivity contribution in [3.8, 4) is 0 Å². The summed E-state index contributed by atoms with van der Waals surface area (Å²) in [6.07, 6.45) is 0. The summed E-state index contributed by atoms with van der Waals surface area (Å²) in [7, 11) is 0. The molecule has 1 rings (SSSR count). The fourth-order valence-electron chi connectivity index (χ4n) is 0.928. The predicted molar refractivity (Wildman–Crippen MR) is 53.8 cm³/mol. The highest BCUT2D eigenvalue weighted by atomic mass is 32.1. The highest BCUT2D eigenvalue weighted by Crippen LogP contribution is 2.20. The van der Waals surface area contributed by atoms with Gasteiger partial charge >= 0.3 is 5.97 Å². The lowest BCUT2D eigenvalue weighted by Crippen LogP contribution is -2.28. The molecule has 0 saturated heterocycles. The third-order valence-electron chi connectivity index (χ3n) is 1.79. The molecule has 0 aliphatic rings. The molecule has 0 aliphatic heterocycles. The lowest BCUT2D eigenvalue weighted by atomic mass is 10.3. The minimum atomic E-state index is -1.04. The second-order valence-corrected chi connectivity index (χ2v) is 4.18.